The second-order valence-electron chi connectivity index (χ2n) is 7.72. The minimum absolute atomic E-state index is 0.181. The number of primary amides is 1. The first-order valence-corrected chi connectivity index (χ1v) is 10.5. The van der Waals surface area contributed by atoms with Crippen molar-refractivity contribution in [2.75, 3.05) is 18.0 Å². The molecular weight excluding hydrogens is 408 g/mol. The lowest BCUT2D eigenvalue weighted by Gasteiger charge is -2.31. The molecule has 1 aromatic carbocycles. The van der Waals surface area contributed by atoms with Crippen LogP contribution in [0.4, 0.5) is 5.82 Å². The van der Waals surface area contributed by atoms with Crippen molar-refractivity contribution < 1.29 is 9.59 Å². The normalized spacial score (nSPS) is 14.3. The Morgan fingerprint density at radius 1 is 1.12 bits per heavy atom. The molecule has 1 amide bonds. The maximum atomic E-state index is 13.3. The first-order chi connectivity index (χ1) is 15.6. The van der Waals surface area contributed by atoms with Crippen LogP contribution in [0.25, 0.3) is 17.1 Å². The molecule has 3 heterocycles. The van der Waals surface area contributed by atoms with Crippen molar-refractivity contribution in [3.63, 3.8) is 0 Å². The standard InChI is InChI=1S/C23H24N6O3/c24-20(31)16-8-12-28(13-9-16)22-23(32)29(15-18(27-22)3-1-14-30)19-6-4-17(5-7-19)21-25-10-2-11-26-21/h2,4-7,10-11,14-16H,1,3,8-9,12-13H2,(H2,24,31). The Hall–Kier alpha value is -3.88. The van der Waals surface area contributed by atoms with Gasteiger partial charge in [0.1, 0.15) is 6.29 Å². The molecule has 0 radical (unpaired) electrons. The van der Waals surface area contributed by atoms with Gasteiger partial charge in [0.25, 0.3) is 5.56 Å². The number of anilines is 1. The highest BCUT2D eigenvalue weighted by Crippen LogP contribution is 2.21. The van der Waals surface area contributed by atoms with Crippen molar-refractivity contribution in [1.82, 2.24) is 19.5 Å². The molecule has 1 aliphatic heterocycles. The second-order valence-corrected chi connectivity index (χ2v) is 7.72. The smallest absolute Gasteiger partial charge is 0.298 e. The molecule has 0 aliphatic carbocycles. The third-order valence-electron chi connectivity index (χ3n) is 5.62. The number of hydrogen-bond donors (Lipinski definition) is 1. The fourth-order valence-electron chi connectivity index (χ4n) is 3.85. The fraction of sp³-hybridized carbons (Fsp3) is 0.304. The number of rotatable bonds is 7. The summed E-state index contributed by atoms with van der Waals surface area (Å²) in [4.78, 5) is 50.7. The number of aryl methyl sites for hydroxylation is 1. The van der Waals surface area contributed by atoms with Gasteiger partial charge in [0.2, 0.25) is 5.91 Å². The molecule has 2 N–H and O–H groups in total. The molecule has 9 heteroatoms. The predicted octanol–water partition coefficient (Wildman–Crippen LogP) is 1.52. The van der Waals surface area contributed by atoms with Gasteiger partial charge < -0.3 is 15.4 Å². The van der Waals surface area contributed by atoms with E-state index in [0.717, 1.165) is 11.8 Å². The van der Waals surface area contributed by atoms with Gasteiger partial charge in [-0.05, 0) is 49.6 Å². The summed E-state index contributed by atoms with van der Waals surface area (Å²) in [7, 11) is 0. The zero-order valence-corrected chi connectivity index (χ0v) is 17.6. The molecule has 0 spiro atoms. The zero-order valence-electron chi connectivity index (χ0n) is 17.6. The van der Waals surface area contributed by atoms with E-state index in [1.54, 1.807) is 29.2 Å². The topological polar surface area (TPSA) is 124 Å². The number of carbonyl (C=O) groups excluding carboxylic acids is 2. The number of aldehydes is 1. The van der Waals surface area contributed by atoms with Crippen LogP contribution < -0.4 is 16.2 Å². The molecule has 1 saturated heterocycles. The summed E-state index contributed by atoms with van der Waals surface area (Å²) in [5.41, 5.74) is 7.35. The van der Waals surface area contributed by atoms with Crippen molar-refractivity contribution in [3.8, 4) is 17.1 Å². The van der Waals surface area contributed by atoms with Crippen molar-refractivity contribution in [2.45, 2.75) is 25.7 Å². The number of carbonyl (C=O) groups is 2. The van der Waals surface area contributed by atoms with Gasteiger partial charge in [0, 0.05) is 55.3 Å². The van der Waals surface area contributed by atoms with E-state index in [9.17, 15) is 14.4 Å². The summed E-state index contributed by atoms with van der Waals surface area (Å²) >= 11 is 0. The van der Waals surface area contributed by atoms with Crippen LogP contribution in [0.15, 0.2) is 53.7 Å². The Bertz CT molecular complexity index is 1150. The van der Waals surface area contributed by atoms with E-state index in [-0.39, 0.29) is 17.4 Å². The number of aromatic nitrogens is 4. The largest absolute Gasteiger partial charge is 0.369 e. The number of nitrogens with zero attached hydrogens (tertiary/aromatic N) is 5. The maximum absolute atomic E-state index is 13.3. The van der Waals surface area contributed by atoms with Crippen molar-refractivity contribution >= 4 is 18.0 Å². The predicted molar refractivity (Wildman–Crippen MR) is 119 cm³/mol. The zero-order chi connectivity index (χ0) is 22.5. The molecule has 1 fully saturated rings. The van der Waals surface area contributed by atoms with Gasteiger partial charge in [-0.25, -0.2) is 15.0 Å². The van der Waals surface area contributed by atoms with Crippen LogP contribution in [0.2, 0.25) is 0 Å². The highest BCUT2D eigenvalue weighted by atomic mass is 16.1. The number of nitrogens with two attached hydrogens (primary N) is 1. The van der Waals surface area contributed by atoms with Gasteiger partial charge in [0.15, 0.2) is 11.6 Å². The van der Waals surface area contributed by atoms with Gasteiger partial charge in [-0.3, -0.25) is 14.2 Å². The van der Waals surface area contributed by atoms with Crippen LogP contribution in [0, 0.1) is 5.92 Å². The van der Waals surface area contributed by atoms with Crippen LogP contribution in [0.3, 0.4) is 0 Å². The fourth-order valence-corrected chi connectivity index (χ4v) is 3.85. The van der Waals surface area contributed by atoms with Crippen molar-refractivity contribution in [3.05, 3.63) is 65.0 Å². The van der Waals surface area contributed by atoms with E-state index in [4.69, 9.17) is 5.73 Å². The number of amides is 1. The lowest BCUT2D eigenvalue weighted by atomic mass is 9.96. The van der Waals surface area contributed by atoms with Gasteiger partial charge in [-0.1, -0.05) is 0 Å². The Kier molecular flexibility index (Phi) is 6.34. The van der Waals surface area contributed by atoms with Crippen LogP contribution in [-0.2, 0) is 16.0 Å². The lowest BCUT2D eigenvalue weighted by Crippen LogP contribution is -2.42. The molecule has 0 unspecified atom stereocenters. The SMILES string of the molecule is NC(=O)C1CCN(c2nc(CCC=O)cn(-c3ccc(-c4ncccn4)cc3)c2=O)CC1. The summed E-state index contributed by atoms with van der Waals surface area (Å²) in [5.74, 6) is 0.439. The number of piperidine rings is 1. The Morgan fingerprint density at radius 2 is 1.81 bits per heavy atom. The molecular formula is C23H24N6O3. The van der Waals surface area contributed by atoms with Gasteiger partial charge >= 0.3 is 0 Å². The quantitative estimate of drug-likeness (QED) is 0.561. The average Bonchev–Trinajstić information content (AvgIpc) is 2.84. The van der Waals surface area contributed by atoms with E-state index in [2.05, 4.69) is 15.0 Å². The molecule has 1 aliphatic rings. The summed E-state index contributed by atoms with van der Waals surface area (Å²) in [6.45, 7) is 1.05. The van der Waals surface area contributed by atoms with Gasteiger partial charge in [-0.2, -0.15) is 0 Å². The van der Waals surface area contributed by atoms with E-state index in [1.807, 2.05) is 29.2 Å². The van der Waals surface area contributed by atoms with E-state index < -0.39 is 0 Å². The summed E-state index contributed by atoms with van der Waals surface area (Å²) < 4.78 is 1.55. The third-order valence-corrected chi connectivity index (χ3v) is 5.62. The Labute approximate surface area is 184 Å². The van der Waals surface area contributed by atoms with E-state index in [1.165, 1.54) is 0 Å². The van der Waals surface area contributed by atoms with Crippen LogP contribution in [0.1, 0.15) is 25.0 Å². The summed E-state index contributed by atoms with van der Waals surface area (Å²) in [6, 6.07) is 9.14. The van der Waals surface area contributed by atoms with Crippen molar-refractivity contribution in [1.29, 1.82) is 0 Å². The molecule has 4 rings (SSSR count). The van der Waals surface area contributed by atoms with E-state index >= 15 is 0 Å². The average molecular weight is 432 g/mol. The monoisotopic (exact) mass is 432 g/mol. The Balaban J connectivity index is 1.68. The van der Waals surface area contributed by atoms with Crippen LogP contribution >= 0.6 is 0 Å². The number of benzene rings is 1. The number of hydrogen-bond acceptors (Lipinski definition) is 7. The molecule has 0 atom stereocenters. The Morgan fingerprint density at radius 3 is 2.44 bits per heavy atom. The van der Waals surface area contributed by atoms with Crippen LogP contribution in [-0.4, -0.2) is 44.8 Å². The molecule has 3 aromatic rings. The first-order valence-electron chi connectivity index (χ1n) is 10.5. The summed E-state index contributed by atoms with van der Waals surface area (Å²) in [6.07, 6.45) is 7.79. The molecule has 0 bridgehead atoms. The van der Waals surface area contributed by atoms with Gasteiger partial charge in [-0.15, -0.1) is 0 Å². The molecule has 9 nitrogen and oxygen atoms in total. The van der Waals surface area contributed by atoms with Crippen LogP contribution in [0.5, 0.6) is 0 Å². The second kappa shape index (κ2) is 9.51. The van der Waals surface area contributed by atoms with E-state index in [0.29, 0.717) is 61.8 Å². The van der Waals surface area contributed by atoms with Crippen molar-refractivity contribution in [2.24, 2.45) is 11.7 Å². The first kappa shape index (κ1) is 21.4. The minimum atomic E-state index is -0.308. The summed E-state index contributed by atoms with van der Waals surface area (Å²) in [5, 5.41) is 0. The third kappa shape index (κ3) is 4.56. The van der Waals surface area contributed by atoms with Gasteiger partial charge in [0.05, 0.1) is 5.69 Å². The molecule has 32 heavy (non-hydrogen) atoms. The lowest BCUT2D eigenvalue weighted by molar-refractivity contribution is -0.122. The molecule has 164 valence electrons. The highest BCUT2D eigenvalue weighted by molar-refractivity contribution is 5.77. The maximum Gasteiger partial charge on any atom is 0.298 e. The molecule has 2 aromatic heterocycles. The molecule has 0 saturated carbocycles. The minimum Gasteiger partial charge on any atom is -0.369 e. The highest BCUT2D eigenvalue weighted by Gasteiger charge is 2.26.